The van der Waals surface area contributed by atoms with Gasteiger partial charge in [-0.2, -0.15) is 0 Å². The summed E-state index contributed by atoms with van der Waals surface area (Å²) >= 11 is 0. The zero-order valence-corrected chi connectivity index (χ0v) is 15.3. The number of hydrogen-bond donors (Lipinski definition) is 1. The molecule has 0 aliphatic heterocycles. The molecular formula is C22H21NO4. The summed E-state index contributed by atoms with van der Waals surface area (Å²) in [6.45, 7) is 0. The third kappa shape index (κ3) is 5.01. The molecule has 0 aliphatic carbocycles. The van der Waals surface area contributed by atoms with Crippen molar-refractivity contribution in [2.24, 2.45) is 0 Å². The van der Waals surface area contributed by atoms with E-state index in [1.165, 1.54) is 0 Å². The van der Waals surface area contributed by atoms with Crippen molar-refractivity contribution in [3.8, 4) is 23.0 Å². The normalized spacial score (nSPS) is 10.1. The van der Waals surface area contributed by atoms with E-state index in [2.05, 4.69) is 5.32 Å². The summed E-state index contributed by atoms with van der Waals surface area (Å²) in [7, 11) is 3.13. The van der Waals surface area contributed by atoms with Crippen molar-refractivity contribution in [1.82, 2.24) is 0 Å². The average molecular weight is 363 g/mol. The van der Waals surface area contributed by atoms with E-state index in [0.717, 1.165) is 11.3 Å². The van der Waals surface area contributed by atoms with Crippen molar-refractivity contribution < 1.29 is 19.0 Å². The number of hydrogen-bond acceptors (Lipinski definition) is 4. The van der Waals surface area contributed by atoms with E-state index in [4.69, 9.17) is 14.2 Å². The van der Waals surface area contributed by atoms with Crippen LogP contribution in [0.25, 0.3) is 0 Å². The van der Waals surface area contributed by atoms with Crippen LogP contribution in [0, 0.1) is 0 Å². The summed E-state index contributed by atoms with van der Waals surface area (Å²) in [5.41, 5.74) is 1.45. The largest absolute Gasteiger partial charge is 0.497 e. The van der Waals surface area contributed by atoms with E-state index >= 15 is 0 Å². The number of rotatable bonds is 7. The first-order chi connectivity index (χ1) is 13.2. The van der Waals surface area contributed by atoms with Gasteiger partial charge < -0.3 is 19.5 Å². The second kappa shape index (κ2) is 8.76. The number of carbonyl (C=O) groups excluding carboxylic acids is 1. The van der Waals surface area contributed by atoms with Crippen LogP contribution in [0.1, 0.15) is 5.56 Å². The van der Waals surface area contributed by atoms with E-state index in [-0.39, 0.29) is 12.3 Å². The minimum Gasteiger partial charge on any atom is -0.497 e. The molecule has 0 spiro atoms. The van der Waals surface area contributed by atoms with Gasteiger partial charge in [-0.3, -0.25) is 4.79 Å². The monoisotopic (exact) mass is 363 g/mol. The molecule has 3 rings (SSSR count). The van der Waals surface area contributed by atoms with Crippen LogP contribution >= 0.6 is 0 Å². The lowest BCUT2D eigenvalue weighted by Crippen LogP contribution is -2.15. The topological polar surface area (TPSA) is 56.8 Å². The van der Waals surface area contributed by atoms with Gasteiger partial charge in [-0.05, 0) is 42.0 Å². The lowest BCUT2D eigenvalue weighted by atomic mass is 10.1. The number of methoxy groups -OCH3 is 2. The van der Waals surface area contributed by atoms with Crippen molar-refractivity contribution in [2.45, 2.75) is 6.42 Å². The van der Waals surface area contributed by atoms with Crippen LogP contribution < -0.4 is 19.5 Å². The molecule has 0 aromatic heterocycles. The zero-order valence-electron chi connectivity index (χ0n) is 15.3. The van der Waals surface area contributed by atoms with Crippen molar-refractivity contribution in [3.63, 3.8) is 0 Å². The molecule has 0 unspecified atom stereocenters. The molecule has 138 valence electrons. The summed E-state index contributed by atoms with van der Waals surface area (Å²) < 4.78 is 16.3. The van der Waals surface area contributed by atoms with Crippen LogP contribution in [0.4, 0.5) is 5.69 Å². The zero-order chi connectivity index (χ0) is 19.1. The van der Waals surface area contributed by atoms with Crippen LogP contribution in [0.15, 0.2) is 72.8 Å². The highest BCUT2D eigenvalue weighted by atomic mass is 16.5. The first kappa shape index (κ1) is 18.3. The van der Waals surface area contributed by atoms with Gasteiger partial charge in [-0.1, -0.05) is 30.3 Å². The Bertz CT molecular complexity index is 909. The molecule has 0 radical (unpaired) electrons. The van der Waals surface area contributed by atoms with E-state index in [9.17, 15) is 4.79 Å². The second-order valence-electron chi connectivity index (χ2n) is 5.85. The van der Waals surface area contributed by atoms with Gasteiger partial charge in [0, 0.05) is 6.07 Å². The van der Waals surface area contributed by atoms with E-state index in [1.54, 1.807) is 32.4 Å². The van der Waals surface area contributed by atoms with Crippen LogP contribution in [0.2, 0.25) is 0 Å². The molecule has 3 aromatic rings. The van der Waals surface area contributed by atoms with Gasteiger partial charge >= 0.3 is 0 Å². The summed E-state index contributed by atoms with van der Waals surface area (Å²) in [5, 5.41) is 2.87. The summed E-state index contributed by atoms with van der Waals surface area (Å²) in [6.07, 6.45) is 0.223. The molecular weight excluding hydrogens is 342 g/mol. The highest BCUT2D eigenvalue weighted by molar-refractivity contribution is 5.93. The molecule has 0 fully saturated rings. The Balaban J connectivity index is 1.67. The molecule has 1 amide bonds. The standard InChI is InChI=1S/C22H21NO4/c1-25-18-11-12-20(21(15-18)26-2)23-22(24)14-16-7-6-10-19(13-16)27-17-8-4-3-5-9-17/h3-13,15H,14H2,1-2H3,(H,23,24). The molecule has 0 atom stereocenters. The minimum absolute atomic E-state index is 0.143. The molecule has 0 saturated carbocycles. The van der Waals surface area contributed by atoms with Crippen molar-refractivity contribution >= 4 is 11.6 Å². The van der Waals surface area contributed by atoms with Crippen molar-refractivity contribution in [2.75, 3.05) is 19.5 Å². The van der Waals surface area contributed by atoms with Crippen LogP contribution in [0.3, 0.4) is 0 Å². The molecule has 0 bridgehead atoms. The smallest absolute Gasteiger partial charge is 0.228 e. The first-order valence-corrected chi connectivity index (χ1v) is 8.51. The predicted molar refractivity (Wildman–Crippen MR) is 105 cm³/mol. The SMILES string of the molecule is COc1ccc(NC(=O)Cc2cccc(Oc3ccccc3)c2)c(OC)c1. The molecule has 0 heterocycles. The summed E-state index contributed by atoms with van der Waals surface area (Å²) in [5.74, 6) is 2.50. The van der Waals surface area contributed by atoms with E-state index < -0.39 is 0 Å². The van der Waals surface area contributed by atoms with Gasteiger partial charge in [0.1, 0.15) is 23.0 Å². The Morgan fingerprint density at radius 3 is 2.33 bits per heavy atom. The van der Waals surface area contributed by atoms with Gasteiger partial charge in [0.15, 0.2) is 0 Å². The third-order valence-electron chi connectivity index (χ3n) is 3.92. The summed E-state index contributed by atoms with van der Waals surface area (Å²) in [6, 6.07) is 22.3. The quantitative estimate of drug-likeness (QED) is 0.662. The number of para-hydroxylation sites is 1. The minimum atomic E-state index is -0.143. The Morgan fingerprint density at radius 2 is 1.59 bits per heavy atom. The van der Waals surface area contributed by atoms with E-state index in [1.807, 2.05) is 54.6 Å². The fraction of sp³-hybridized carbons (Fsp3) is 0.136. The Morgan fingerprint density at radius 1 is 0.815 bits per heavy atom. The van der Waals surface area contributed by atoms with Gasteiger partial charge in [-0.15, -0.1) is 0 Å². The van der Waals surface area contributed by atoms with Crippen molar-refractivity contribution in [1.29, 1.82) is 0 Å². The van der Waals surface area contributed by atoms with E-state index in [0.29, 0.717) is 22.9 Å². The highest BCUT2D eigenvalue weighted by Crippen LogP contribution is 2.29. The van der Waals surface area contributed by atoms with Crippen molar-refractivity contribution in [3.05, 3.63) is 78.4 Å². The molecule has 0 aliphatic rings. The van der Waals surface area contributed by atoms with Gasteiger partial charge in [0.25, 0.3) is 0 Å². The number of ether oxygens (including phenoxy) is 3. The Labute approximate surface area is 158 Å². The van der Waals surface area contributed by atoms with Gasteiger partial charge in [0.05, 0.1) is 26.3 Å². The summed E-state index contributed by atoms with van der Waals surface area (Å²) in [4.78, 5) is 12.4. The third-order valence-corrected chi connectivity index (χ3v) is 3.92. The molecule has 3 aromatic carbocycles. The molecule has 5 heteroatoms. The Kier molecular flexibility index (Phi) is 5.94. The van der Waals surface area contributed by atoms with Crippen LogP contribution in [-0.4, -0.2) is 20.1 Å². The average Bonchev–Trinajstić information content (AvgIpc) is 2.69. The number of carbonyl (C=O) groups is 1. The number of amides is 1. The maximum absolute atomic E-state index is 12.4. The molecule has 5 nitrogen and oxygen atoms in total. The number of nitrogens with one attached hydrogen (secondary N) is 1. The Hall–Kier alpha value is -3.47. The van der Waals surface area contributed by atoms with Gasteiger partial charge in [0.2, 0.25) is 5.91 Å². The maximum atomic E-state index is 12.4. The second-order valence-corrected chi connectivity index (χ2v) is 5.85. The van der Waals surface area contributed by atoms with Crippen LogP contribution in [-0.2, 0) is 11.2 Å². The van der Waals surface area contributed by atoms with Gasteiger partial charge in [-0.25, -0.2) is 0 Å². The fourth-order valence-corrected chi connectivity index (χ4v) is 2.63. The number of anilines is 1. The lowest BCUT2D eigenvalue weighted by Gasteiger charge is -2.12. The first-order valence-electron chi connectivity index (χ1n) is 8.51. The maximum Gasteiger partial charge on any atom is 0.228 e. The fourth-order valence-electron chi connectivity index (χ4n) is 2.63. The highest BCUT2D eigenvalue weighted by Gasteiger charge is 2.10. The number of benzene rings is 3. The molecule has 27 heavy (non-hydrogen) atoms. The lowest BCUT2D eigenvalue weighted by molar-refractivity contribution is -0.115. The molecule has 1 N–H and O–H groups in total. The predicted octanol–water partition coefficient (Wildman–Crippen LogP) is 4.68. The van der Waals surface area contributed by atoms with Crippen LogP contribution in [0.5, 0.6) is 23.0 Å². The molecule has 0 saturated heterocycles.